The monoisotopic (exact) mass is 293 g/mol. The van der Waals surface area contributed by atoms with E-state index in [-0.39, 0.29) is 0 Å². The van der Waals surface area contributed by atoms with Gasteiger partial charge >= 0.3 is 0 Å². The first kappa shape index (κ1) is 12.5. The maximum Gasteiger partial charge on any atom is 0.0871 e. The number of halogens is 1. The van der Waals surface area contributed by atoms with E-state index in [4.69, 9.17) is 5.26 Å². The molecule has 0 atom stereocenters. The highest BCUT2D eigenvalue weighted by atomic mass is 79.9. The summed E-state index contributed by atoms with van der Waals surface area (Å²) in [5.74, 6) is 0. The third-order valence-corrected chi connectivity index (χ3v) is 3.70. The van der Waals surface area contributed by atoms with Gasteiger partial charge in [-0.25, -0.2) is 0 Å². The first-order chi connectivity index (χ1) is 8.29. The van der Waals surface area contributed by atoms with Crippen LogP contribution in [0.15, 0.2) is 22.9 Å². The largest absolute Gasteiger partial charge is 0.283 e. The summed E-state index contributed by atoms with van der Waals surface area (Å²) in [5, 5.41) is 8.91. The Morgan fingerprint density at radius 1 is 1.41 bits per heavy atom. The normalized spacial score (nSPS) is 16.3. The molecule has 1 aromatic rings. The molecule has 1 aromatic heterocycles. The fourth-order valence-corrected chi connectivity index (χ4v) is 2.86. The highest BCUT2D eigenvalue weighted by Gasteiger charge is 2.22. The van der Waals surface area contributed by atoms with Crippen molar-refractivity contribution in [3.05, 3.63) is 28.5 Å². The Labute approximate surface area is 111 Å². The lowest BCUT2D eigenvalue weighted by Gasteiger charge is -2.26. The number of nitrogens with zero attached hydrogens (tertiary/aromatic N) is 3. The standard InChI is InChI=1S/C13H16BrN3/c14-12-7-11(8-16-9-12)10-17(6-5-15)13-3-1-2-4-13/h7-9,13H,1-4,6,10H2. The Hall–Kier alpha value is -0.920. The molecular weight excluding hydrogens is 278 g/mol. The molecule has 0 aliphatic heterocycles. The summed E-state index contributed by atoms with van der Waals surface area (Å²) in [5.41, 5.74) is 1.17. The second-order valence-corrected chi connectivity index (χ2v) is 5.43. The van der Waals surface area contributed by atoms with Gasteiger partial charge in [-0.3, -0.25) is 9.88 Å². The van der Waals surface area contributed by atoms with Crippen LogP contribution in [0.25, 0.3) is 0 Å². The Bertz CT molecular complexity index is 407. The van der Waals surface area contributed by atoms with E-state index in [9.17, 15) is 0 Å². The summed E-state index contributed by atoms with van der Waals surface area (Å²) in [6.45, 7) is 1.34. The van der Waals surface area contributed by atoms with Crippen LogP contribution in [0, 0.1) is 11.3 Å². The molecule has 0 aromatic carbocycles. The van der Waals surface area contributed by atoms with Crippen molar-refractivity contribution in [2.24, 2.45) is 0 Å². The van der Waals surface area contributed by atoms with E-state index in [1.54, 1.807) is 6.20 Å². The smallest absolute Gasteiger partial charge is 0.0871 e. The van der Waals surface area contributed by atoms with Gasteiger partial charge in [-0.15, -0.1) is 0 Å². The average molecular weight is 294 g/mol. The van der Waals surface area contributed by atoms with E-state index < -0.39 is 0 Å². The van der Waals surface area contributed by atoms with E-state index in [1.807, 2.05) is 6.20 Å². The van der Waals surface area contributed by atoms with Gasteiger partial charge in [-0.05, 0) is 40.4 Å². The molecule has 0 amide bonds. The van der Waals surface area contributed by atoms with Crippen molar-refractivity contribution in [1.29, 1.82) is 5.26 Å². The van der Waals surface area contributed by atoms with Crippen molar-refractivity contribution in [3.63, 3.8) is 0 Å². The van der Waals surface area contributed by atoms with Crippen molar-refractivity contribution >= 4 is 15.9 Å². The minimum Gasteiger partial charge on any atom is -0.283 e. The Morgan fingerprint density at radius 2 is 2.18 bits per heavy atom. The first-order valence-electron chi connectivity index (χ1n) is 6.00. The van der Waals surface area contributed by atoms with Crippen molar-refractivity contribution in [2.45, 2.75) is 38.3 Å². The van der Waals surface area contributed by atoms with Crippen LogP contribution in [0.1, 0.15) is 31.2 Å². The molecule has 0 N–H and O–H groups in total. The number of pyridine rings is 1. The number of aromatic nitrogens is 1. The minimum atomic E-state index is 0.511. The van der Waals surface area contributed by atoms with Gasteiger partial charge in [0.25, 0.3) is 0 Å². The minimum absolute atomic E-state index is 0.511. The predicted octanol–water partition coefficient (Wildman–Crippen LogP) is 3.11. The van der Waals surface area contributed by atoms with Crippen LogP contribution in [0.3, 0.4) is 0 Å². The molecule has 1 heterocycles. The van der Waals surface area contributed by atoms with Crippen molar-refractivity contribution in [3.8, 4) is 6.07 Å². The topological polar surface area (TPSA) is 39.9 Å². The quantitative estimate of drug-likeness (QED) is 0.801. The third kappa shape index (κ3) is 3.52. The summed E-state index contributed by atoms with van der Waals surface area (Å²) in [6.07, 6.45) is 8.71. The van der Waals surface area contributed by atoms with Crippen LogP contribution in [0.2, 0.25) is 0 Å². The number of hydrogen-bond donors (Lipinski definition) is 0. The van der Waals surface area contributed by atoms with Gasteiger partial charge in [0.1, 0.15) is 0 Å². The van der Waals surface area contributed by atoms with Gasteiger partial charge in [0, 0.05) is 29.5 Å². The zero-order chi connectivity index (χ0) is 12.1. The Kier molecular flexibility index (Phi) is 4.52. The molecule has 0 bridgehead atoms. The van der Waals surface area contributed by atoms with Gasteiger partial charge in [0.2, 0.25) is 0 Å². The summed E-state index contributed by atoms with van der Waals surface area (Å²) < 4.78 is 0.998. The average Bonchev–Trinajstić information content (AvgIpc) is 2.82. The molecule has 2 rings (SSSR count). The van der Waals surface area contributed by atoms with Gasteiger partial charge in [-0.2, -0.15) is 5.26 Å². The number of nitriles is 1. The van der Waals surface area contributed by atoms with E-state index in [2.05, 4.69) is 37.9 Å². The molecule has 0 spiro atoms. The molecule has 90 valence electrons. The second-order valence-electron chi connectivity index (χ2n) is 4.51. The number of hydrogen-bond acceptors (Lipinski definition) is 3. The maximum atomic E-state index is 8.91. The van der Waals surface area contributed by atoms with E-state index in [0.29, 0.717) is 12.6 Å². The molecule has 0 saturated heterocycles. The summed E-state index contributed by atoms with van der Waals surface area (Å²) in [6, 6.07) is 4.93. The molecular formula is C13H16BrN3. The highest BCUT2D eigenvalue weighted by Crippen LogP contribution is 2.24. The van der Waals surface area contributed by atoms with Crippen molar-refractivity contribution in [1.82, 2.24) is 9.88 Å². The van der Waals surface area contributed by atoms with Gasteiger partial charge in [-0.1, -0.05) is 12.8 Å². The molecule has 4 heteroatoms. The molecule has 3 nitrogen and oxygen atoms in total. The van der Waals surface area contributed by atoms with Crippen LogP contribution in [-0.4, -0.2) is 22.5 Å². The summed E-state index contributed by atoms with van der Waals surface area (Å²) in [4.78, 5) is 6.44. The van der Waals surface area contributed by atoms with E-state index in [0.717, 1.165) is 11.0 Å². The van der Waals surface area contributed by atoms with Gasteiger partial charge in [0.15, 0.2) is 0 Å². The van der Waals surface area contributed by atoms with E-state index >= 15 is 0 Å². The molecule has 1 saturated carbocycles. The van der Waals surface area contributed by atoms with Gasteiger partial charge < -0.3 is 0 Å². The van der Waals surface area contributed by atoms with Crippen LogP contribution < -0.4 is 0 Å². The zero-order valence-electron chi connectivity index (χ0n) is 9.77. The van der Waals surface area contributed by atoms with Gasteiger partial charge in [0.05, 0.1) is 12.6 Å². The molecule has 0 unspecified atom stereocenters. The molecule has 1 aliphatic rings. The SMILES string of the molecule is N#CCN(Cc1cncc(Br)c1)C1CCCC1. The zero-order valence-corrected chi connectivity index (χ0v) is 11.4. The third-order valence-electron chi connectivity index (χ3n) is 3.26. The lowest BCUT2D eigenvalue weighted by molar-refractivity contribution is 0.214. The maximum absolute atomic E-state index is 8.91. The van der Waals surface area contributed by atoms with Crippen molar-refractivity contribution in [2.75, 3.05) is 6.54 Å². The fourth-order valence-electron chi connectivity index (χ4n) is 2.45. The summed E-state index contributed by atoms with van der Waals surface area (Å²) >= 11 is 3.43. The molecule has 1 fully saturated rings. The summed E-state index contributed by atoms with van der Waals surface area (Å²) in [7, 11) is 0. The molecule has 17 heavy (non-hydrogen) atoms. The van der Waals surface area contributed by atoms with Crippen LogP contribution in [0.5, 0.6) is 0 Å². The second kappa shape index (κ2) is 6.13. The lowest BCUT2D eigenvalue weighted by atomic mass is 10.2. The first-order valence-corrected chi connectivity index (χ1v) is 6.79. The molecule has 1 aliphatic carbocycles. The number of rotatable bonds is 4. The van der Waals surface area contributed by atoms with Crippen LogP contribution in [0.4, 0.5) is 0 Å². The van der Waals surface area contributed by atoms with Crippen LogP contribution >= 0.6 is 15.9 Å². The predicted molar refractivity (Wildman–Crippen MR) is 70.2 cm³/mol. The Morgan fingerprint density at radius 3 is 2.82 bits per heavy atom. The molecule has 0 radical (unpaired) electrons. The Balaban J connectivity index is 2.04. The lowest BCUT2D eigenvalue weighted by Crippen LogP contribution is -2.33. The van der Waals surface area contributed by atoms with Crippen molar-refractivity contribution < 1.29 is 0 Å². The van der Waals surface area contributed by atoms with Crippen LogP contribution in [-0.2, 0) is 6.54 Å². The van der Waals surface area contributed by atoms with E-state index in [1.165, 1.54) is 31.2 Å². The highest BCUT2D eigenvalue weighted by molar-refractivity contribution is 9.10. The fraction of sp³-hybridized carbons (Fsp3) is 0.538.